The third kappa shape index (κ3) is 3.37. The molecule has 1 aliphatic heterocycles. The lowest BCUT2D eigenvalue weighted by Gasteiger charge is -2.29. The molecule has 0 aliphatic carbocycles. The number of carbonyl (C=O) groups is 1. The molecule has 0 saturated carbocycles. The van der Waals surface area contributed by atoms with Crippen molar-refractivity contribution in [2.75, 3.05) is 11.4 Å². The van der Waals surface area contributed by atoms with Gasteiger partial charge in [0.15, 0.2) is 0 Å². The van der Waals surface area contributed by atoms with Crippen molar-refractivity contribution in [2.24, 2.45) is 11.1 Å². The van der Waals surface area contributed by atoms with Crippen molar-refractivity contribution in [3.05, 3.63) is 58.9 Å². The van der Waals surface area contributed by atoms with Gasteiger partial charge in [0.05, 0.1) is 10.6 Å². The Morgan fingerprint density at radius 1 is 1.21 bits per heavy atom. The number of rotatable bonds is 3. The van der Waals surface area contributed by atoms with E-state index in [-0.39, 0.29) is 23.1 Å². The van der Waals surface area contributed by atoms with Crippen LogP contribution in [0.2, 0.25) is 0 Å². The number of amides is 1. The smallest absolute Gasteiger partial charge is 0.225 e. The summed E-state index contributed by atoms with van der Waals surface area (Å²) in [5.41, 5.74) is 8.59. The third-order valence-electron chi connectivity index (χ3n) is 5.44. The number of carbonyl (C=O) groups excluding carboxylic acids is 1. The van der Waals surface area contributed by atoms with Gasteiger partial charge in [-0.2, -0.15) is 4.37 Å². The minimum Gasteiger partial charge on any atom is -0.369 e. The van der Waals surface area contributed by atoms with E-state index in [2.05, 4.69) is 4.90 Å². The molecule has 1 atom stereocenters. The lowest BCUT2D eigenvalue weighted by Crippen LogP contribution is -2.31. The van der Waals surface area contributed by atoms with Gasteiger partial charge in [0, 0.05) is 18.5 Å². The highest BCUT2D eigenvalue weighted by Crippen LogP contribution is 2.39. The molecule has 0 bridgehead atoms. The van der Waals surface area contributed by atoms with Crippen LogP contribution in [0.5, 0.6) is 0 Å². The van der Waals surface area contributed by atoms with E-state index in [1.165, 1.54) is 17.6 Å². The van der Waals surface area contributed by atoms with E-state index in [0.717, 1.165) is 52.1 Å². The number of fused-ring (bicyclic) bond motifs is 2. The minimum atomic E-state index is -0.348. The summed E-state index contributed by atoms with van der Waals surface area (Å²) < 4.78 is 19.2. The second kappa shape index (κ2) is 6.85. The third-order valence-corrected chi connectivity index (χ3v) is 6.24. The van der Waals surface area contributed by atoms with Gasteiger partial charge in [-0.15, -0.1) is 0 Å². The molecule has 0 spiro atoms. The number of aromatic nitrogens is 1. The summed E-state index contributed by atoms with van der Waals surface area (Å²) in [6.07, 6.45) is 0.804. The van der Waals surface area contributed by atoms with Crippen molar-refractivity contribution in [3.8, 4) is 0 Å². The van der Waals surface area contributed by atoms with Gasteiger partial charge in [0.2, 0.25) is 5.91 Å². The molecule has 1 amide bonds. The fourth-order valence-corrected chi connectivity index (χ4v) is 4.99. The van der Waals surface area contributed by atoms with E-state index < -0.39 is 0 Å². The number of anilines is 1. The number of benzene rings is 2. The molecular formula is C22H24FN3OS. The normalized spacial score (nSPS) is 15.5. The molecule has 1 unspecified atom stereocenters. The molecule has 3 aromatic rings. The van der Waals surface area contributed by atoms with E-state index in [9.17, 15) is 9.18 Å². The molecule has 2 N–H and O–H groups in total. The van der Waals surface area contributed by atoms with Gasteiger partial charge in [-0.1, -0.05) is 32.9 Å². The molecule has 2 heterocycles. The van der Waals surface area contributed by atoms with Crippen LogP contribution in [0.3, 0.4) is 0 Å². The Morgan fingerprint density at radius 3 is 2.71 bits per heavy atom. The van der Waals surface area contributed by atoms with Gasteiger partial charge in [0.1, 0.15) is 11.6 Å². The van der Waals surface area contributed by atoms with E-state index in [1.807, 2.05) is 45.0 Å². The highest BCUT2D eigenvalue weighted by atomic mass is 32.1. The molecule has 2 aromatic carbocycles. The molecule has 4 nitrogen and oxygen atoms in total. The van der Waals surface area contributed by atoms with Gasteiger partial charge in [0.25, 0.3) is 0 Å². The lowest BCUT2D eigenvalue weighted by molar-refractivity contribution is -0.121. The summed E-state index contributed by atoms with van der Waals surface area (Å²) in [6, 6.07) is 11.1. The van der Waals surface area contributed by atoms with Gasteiger partial charge >= 0.3 is 0 Å². The second-order valence-electron chi connectivity index (χ2n) is 8.55. The molecular weight excluding hydrogens is 373 g/mol. The van der Waals surface area contributed by atoms with Crippen molar-refractivity contribution in [1.82, 2.24) is 4.37 Å². The predicted molar refractivity (Wildman–Crippen MR) is 112 cm³/mol. The second-order valence-corrected chi connectivity index (χ2v) is 9.35. The number of halogens is 1. The predicted octanol–water partition coefficient (Wildman–Crippen LogP) is 4.61. The topological polar surface area (TPSA) is 59.2 Å². The molecule has 28 heavy (non-hydrogen) atoms. The molecule has 4 rings (SSSR count). The van der Waals surface area contributed by atoms with Crippen molar-refractivity contribution >= 4 is 33.3 Å². The van der Waals surface area contributed by atoms with Crippen molar-refractivity contribution in [1.29, 1.82) is 0 Å². The first-order chi connectivity index (χ1) is 13.2. The first-order valence-corrected chi connectivity index (χ1v) is 10.2. The van der Waals surface area contributed by atoms with Gasteiger partial charge in [-0.05, 0) is 64.3 Å². The number of primary amides is 1. The number of hydrogen-bond acceptors (Lipinski definition) is 4. The maximum atomic E-state index is 13.5. The number of hydrogen-bond donors (Lipinski definition) is 1. The zero-order valence-corrected chi connectivity index (χ0v) is 17.1. The SMILES string of the molecule is CC(C)(C)C(C(N)=O)c1ccc2c(N3CCc4cc(F)ccc4C3)nsc2c1. The van der Waals surface area contributed by atoms with Crippen molar-refractivity contribution < 1.29 is 9.18 Å². The van der Waals surface area contributed by atoms with Crippen LogP contribution in [-0.4, -0.2) is 16.8 Å². The summed E-state index contributed by atoms with van der Waals surface area (Å²) in [7, 11) is 0. The average Bonchev–Trinajstić information content (AvgIpc) is 3.03. The highest BCUT2D eigenvalue weighted by molar-refractivity contribution is 7.13. The maximum absolute atomic E-state index is 13.5. The van der Waals surface area contributed by atoms with E-state index in [4.69, 9.17) is 10.1 Å². The Morgan fingerprint density at radius 2 is 2.00 bits per heavy atom. The number of nitrogens with zero attached hydrogens (tertiary/aromatic N) is 2. The monoisotopic (exact) mass is 397 g/mol. The van der Waals surface area contributed by atoms with E-state index in [0.29, 0.717) is 0 Å². The first kappa shape index (κ1) is 18.9. The van der Waals surface area contributed by atoms with Gasteiger partial charge in [-0.3, -0.25) is 4.79 Å². The molecule has 1 aliphatic rings. The van der Waals surface area contributed by atoms with Crippen LogP contribution in [0, 0.1) is 11.2 Å². The molecule has 146 valence electrons. The zero-order chi connectivity index (χ0) is 20.1. The quantitative estimate of drug-likeness (QED) is 0.702. The molecule has 1 aromatic heterocycles. The average molecular weight is 398 g/mol. The minimum absolute atomic E-state index is 0.179. The fraction of sp³-hybridized carbons (Fsp3) is 0.364. The van der Waals surface area contributed by atoms with Gasteiger partial charge in [-0.25, -0.2) is 4.39 Å². The van der Waals surface area contributed by atoms with Crippen molar-refractivity contribution in [2.45, 2.75) is 39.7 Å². The summed E-state index contributed by atoms with van der Waals surface area (Å²) in [5, 5.41) is 1.08. The Bertz CT molecular complexity index is 1050. The van der Waals surface area contributed by atoms with Gasteiger partial charge < -0.3 is 10.6 Å². The standard InChI is InChI=1S/C22H24FN3OS/c1-22(2,3)19(20(24)27)14-5-7-17-18(11-14)28-25-21(17)26-9-8-13-10-16(23)6-4-15(13)12-26/h4-7,10-11,19H,8-9,12H2,1-3H3,(H2,24,27). The summed E-state index contributed by atoms with van der Waals surface area (Å²) in [4.78, 5) is 14.3. The highest BCUT2D eigenvalue weighted by Gasteiger charge is 2.31. The fourth-order valence-electron chi connectivity index (χ4n) is 4.14. The van der Waals surface area contributed by atoms with Crippen LogP contribution in [0.4, 0.5) is 10.2 Å². The van der Waals surface area contributed by atoms with E-state index >= 15 is 0 Å². The molecule has 0 radical (unpaired) electrons. The Labute approximate surface area is 168 Å². The first-order valence-electron chi connectivity index (χ1n) is 9.45. The van der Waals surface area contributed by atoms with Crippen LogP contribution < -0.4 is 10.6 Å². The summed E-state index contributed by atoms with van der Waals surface area (Å²) in [6.45, 7) is 7.61. The summed E-state index contributed by atoms with van der Waals surface area (Å²) >= 11 is 1.44. The zero-order valence-electron chi connectivity index (χ0n) is 16.3. The van der Waals surface area contributed by atoms with E-state index in [1.54, 1.807) is 6.07 Å². The summed E-state index contributed by atoms with van der Waals surface area (Å²) in [5.74, 6) is 0.116. The molecule has 6 heteroatoms. The lowest BCUT2D eigenvalue weighted by atomic mass is 9.76. The molecule has 0 fully saturated rings. The Balaban J connectivity index is 1.67. The number of nitrogens with two attached hydrogens (primary N) is 1. The van der Waals surface area contributed by atoms with Crippen LogP contribution >= 0.6 is 11.5 Å². The van der Waals surface area contributed by atoms with Crippen LogP contribution in [0.15, 0.2) is 36.4 Å². The van der Waals surface area contributed by atoms with Crippen LogP contribution in [0.1, 0.15) is 43.4 Å². The Kier molecular flexibility index (Phi) is 4.62. The maximum Gasteiger partial charge on any atom is 0.225 e. The van der Waals surface area contributed by atoms with Crippen LogP contribution in [0.25, 0.3) is 10.1 Å². The largest absolute Gasteiger partial charge is 0.369 e. The van der Waals surface area contributed by atoms with Crippen LogP contribution in [-0.2, 0) is 17.8 Å². The van der Waals surface area contributed by atoms with Crippen molar-refractivity contribution in [3.63, 3.8) is 0 Å². The Hall–Kier alpha value is -2.47. The molecule has 0 saturated heterocycles.